The highest BCUT2D eigenvalue weighted by Crippen LogP contribution is 2.24. The first-order valence-electron chi connectivity index (χ1n) is 4.03. The van der Waals surface area contributed by atoms with Crippen LogP contribution in [0.15, 0.2) is 18.2 Å². The van der Waals surface area contributed by atoms with E-state index in [0.29, 0.717) is 0 Å². The Morgan fingerprint density at radius 1 is 1.50 bits per heavy atom. The molecule has 1 amide bonds. The van der Waals surface area contributed by atoms with Gasteiger partial charge >= 0.3 is 0 Å². The minimum atomic E-state index is -0.516. The minimum absolute atomic E-state index is 0.0831. The van der Waals surface area contributed by atoms with Crippen molar-refractivity contribution in [1.29, 1.82) is 0 Å². The zero-order valence-electron chi connectivity index (χ0n) is 7.90. The van der Waals surface area contributed by atoms with Gasteiger partial charge in [0, 0.05) is 13.0 Å². The highest BCUT2D eigenvalue weighted by molar-refractivity contribution is 5.91. The number of anilines is 1. The van der Waals surface area contributed by atoms with E-state index in [4.69, 9.17) is 0 Å². The fourth-order valence-electron chi connectivity index (χ4n) is 1.09. The molecule has 5 heteroatoms. The molecule has 0 saturated carbocycles. The Bertz CT molecular complexity index is 388. The number of carbonyl (C=O) groups excluding carboxylic acids is 1. The maximum Gasteiger partial charge on any atom is 0.293 e. The molecule has 1 rings (SSSR count). The Morgan fingerprint density at radius 3 is 2.64 bits per heavy atom. The summed E-state index contributed by atoms with van der Waals surface area (Å²) in [6.07, 6.45) is 0. The second-order valence-corrected chi connectivity index (χ2v) is 2.96. The van der Waals surface area contributed by atoms with Gasteiger partial charge in [0.15, 0.2) is 0 Å². The van der Waals surface area contributed by atoms with Crippen LogP contribution < -0.4 is 5.32 Å². The molecule has 0 aromatic heterocycles. The molecule has 0 fully saturated rings. The molecule has 0 heterocycles. The van der Waals surface area contributed by atoms with Gasteiger partial charge in [-0.15, -0.1) is 0 Å². The summed E-state index contributed by atoms with van der Waals surface area (Å²) in [5.74, 6) is -0.322. The van der Waals surface area contributed by atoms with E-state index in [1.807, 2.05) is 0 Å². The summed E-state index contributed by atoms with van der Waals surface area (Å²) in [7, 11) is 0. The number of rotatable bonds is 2. The standard InChI is InChI=1S/C9H10N2O3/c1-6-3-4-8(10-7(2)12)9(5-6)11(13)14/h3-5H,1-2H3,(H,10,12). The van der Waals surface area contributed by atoms with E-state index in [0.717, 1.165) is 5.56 Å². The lowest BCUT2D eigenvalue weighted by Gasteiger charge is -2.03. The Labute approximate surface area is 80.9 Å². The average Bonchev–Trinajstić information content (AvgIpc) is 2.07. The van der Waals surface area contributed by atoms with Gasteiger partial charge in [-0.1, -0.05) is 6.07 Å². The van der Waals surface area contributed by atoms with Crippen molar-refractivity contribution < 1.29 is 9.72 Å². The van der Waals surface area contributed by atoms with Crippen LogP contribution in [0.4, 0.5) is 11.4 Å². The van der Waals surface area contributed by atoms with E-state index in [-0.39, 0.29) is 17.3 Å². The maximum absolute atomic E-state index is 10.7. The zero-order valence-corrected chi connectivity index (χ0v) is 7.90. The molecule has 0 bridgehead atoms. The van der Waals surface area contributed by atoms with Gasteiger partial charge in [-0.05, 0) is 18.6 Å². The largest absolute Gasteiger partial charge is 0.321 e. The summed E-state index contributed by atoms with van der Waals surface area (Å²) in [6.45, 7) is 3.06. The minimum Gasteiger partial charge on any atom is -0.321 e. The van der Waals surface area contributed by atoms with Crippen LogP contribution in [0.3, 0.4) is 0 Å². The number of nitrogens with zero attached hydrogens (tertiary/aromatic N) is 1. The number of amides is 1. The molecule has 0 aliphatic rings. The van der Waals surface area contributed by atoms with Gasteiger partial charge in [-0.3, -0.25) is 14.9 Å². The molecule has 5 nitrogen and oxygen atoms in total. The number of nitrogens with one attached hydrogen (secondary N) is 1. The van der Waals surface area contributed by atoms with E-state index >= 15 is 0 Å². The fraction of sp³-hybridized carbons (Fsp3) is 0.222. The molecule has 0 radical (unpaired) electrons. The highest BCUT2D eigenvalue weighted by atomic mass is 16.6. The summed E-state index contributed by atoms with van der Waals surface area (Å²) >= 11 is 0. The summed E-state index contributed by atoms with van der Waals surface area (Å²) in [6, 6.07) is 4.65. The maximum atomic E-state index is 10.7. The van der Waals surface area contributed by atoms with E-state index in [1.165, 1.54) is 19.1 Å². The van der Waals surface area contributed by atoms with Gasteiger partial charge in [-0.2, -0.15) is 0 Å². The first-order chi connectivity index (χ1) is 6.50. The predicted molar refractivity (Wildman–Crippen MR) is 52.1 cm³/mol. The number of hydrogen-bond donors (Lipinski definition) is 1. The van der Waals surface area contributed by atoms with Crippen molar-refractivity contribution in [3.63, 3.8) is 0 Å². The number of aryl methyl sites for hydroxylation is 1. The van der Waals surface area contributed by atoms with E-state index in [1.54, 1.807) is 13.0 Å². The van der Waals surface area contributed by atoms with E-state index < -0.39 is 4.92 Å². The van der Waals surface area contributed by atoms with E-state index in [2.05, 4.69) is 5.32 Å². The van der Waals surface area contributed by atoms with Gasteiger partial charge in [0.05, 0.1) is 4.92 Å². The smallest absolute Gasteiger partial charge is 0.293 e. The highest BCUT2D eigenvalue weighted by Gasteiger charge is 2.13. The predicted octanol–water partition coefficient (Wildman–Crippen LogP) is 1.86. The molecule has 0 atom stereocenters. The Kier molecular flexibility index (Phi) is 2.81. The van der Waals surface area contributed by atoms with Crippen molar-refractivity contribution >= 4 is 17.3 Å². The van der Waals surface area contributed by atoms with Crippen molar-refractivity contribution in [3.8, 4) is 0 Å². The fourth-order valence-corrected chi connectivity index (χ4v) is 1.09. The van der Waals surface area contributed by atoms with Crippen LogP contribution >= 0.6 is 0 Å². The third-order valence-corrected chi connectivity index (χ3v) is 1.66. The Morgan fingerprint density at radius 2 is 2.14 bits per heavy atom. The Balaban J connectivity index is 3.14. The van der Waals surface area contributed by atoms with Crippen LogP contribution in [-0.2, 0) is 4.79 Å². The SMILES string of the molecule is CC(=O)Nc1ccc(C)cc1[N+](=O)[O-]. The molecule has 1 aromatic carbocycles. The quantitative estimate of drug-likeness (QED) is 0.576. The van der Waals surface area contributed by atoms with Crippen molar-refractivity contribution in [2.75, 3.05) is 5.32 Å². The molecule has 0 spiro atoms. The van der Waals surface area contributed by atoms with Gasteiger partial charge in [0.25, 0.3) is 5.69 Å². The third-order valence-electron chi connectivity index (χ3n) is 1.66. The van der Waals surface area contributed by atoms with Crippen LogP contribution in [0.2, 0.25) is 0 Å². The van der Waals surface area contributed by atoms with Crippen molar-refractivity contribution in [2.45, 2.75) is 13.8 Å². The molecular formula is C9H10N2O3. The molecule has 14 heavy (non-hydrogen) atoms. The lowest BCUT2D eigenvalue weighted by molar-refractivity contribution is -0.384. The molecule has 1 N–H and O–H groups in total. The van der Waals surface area contributed by atoms with Gasteiger partial charge < -0.3 is 5.32 Å². The molecule has 1 aromatic rings. The molecule has 74 valence electrons. The van der Waals surface area contributed by atoms with Crippen LogP contribution in [0.5, 0.6) is 0 Å². The normalized spacial score (nSPS) is 9.57. The van der Waals surface area contributed by atoms with Crippen LogP contribution in [-0.4, -0.2) is 10.8 Å². The number of nitro groups is 1. The monoisotopic (exact) mass is 194 g/mol. The number of carbonyl (C=O) groups is 1. The van der Waals surface area contributed by atoms with Crippen molar-refractivity contribution in [1.82, 2.24) is 0 Å². The lowest BCUT2D eigenvalue weighted by atomic mass is 10.2. The summed E-state index contributed by atoms with van der Waals surface area (Å²) in [4.78, 5) is 20.8. The van der Waals surface area contributed by atoms with E-state index in [9.17, 15) is 14.9 Å². The summed E-state index contributed by atoms with van der Waals surface area (Å²) in [5, 5.41) is 13.0. The molecule has 0 unspecified atom stereocenters. The molecule has 0 saturated heterocycles. The number of benzene rings is 1. The van der Waals surface area contributed by atoms with Gasteiger partial charge in [0.2, 0.25) is 5.91 Å². The first kappa shape index (κ1) is 10.2. The second kappa shape index (κ2) is 3.87. The van der Waals surface area contributed by atoms with Crippen molar-refractivity contribution in [2.24, 2.45) is 0 Å². The lowest BCUT2D eigenvalue weighted by Crippen LogP contribution is -2.07. The number of nitro benzene ring substituents is 1. The van der Waals surface area contributed by atoms with Crippen molar-refractivity contribution in [3.05, 3.63) is 33.9 Å². The Hall–Kier alpha value is -1.91. The molecule has 0 aliphatic carbocycles. The third kappa shape index (κ3) is 2.29. The summed E-state index contributed by atoms with van der Waals surface area (Å²) in [5.41, 5.74) is 0.930. The van der Waals surface area contributed by atoms with Crippen LogP contribution in [0.1, 0.15) is 12.5 Å². The molecule has 0 aliphatic heterocycles. The van der Waals surface area contributed by atoms with Crippen LogP contribution in [0.25, 0.3) is 0 Å². The zero-order chi connectivity index (χ0) is 10.7. The second-order valence-electron chi connectivity index (χ2n) is 2.96. The summed E-state index contributed by atoms with van der Waals surface area (Å²) < 4.78 is 0. The van der Waals surface area contributed by atoms with Gasteiger partial charge in [0.1, 0.15) is 5.69 Å². The van der Waals surface area contributed by atoms with Gasteiger partial charge in [-0.25, -0.2) is 0 Å². The topological polar surface area (TPSA) is 72.2 Å². The average molecular weight is 194 g/mol. The van der Waals surface area contributed by atoms with Crippen LogP contribution in [0, 0.1) is 17.0 Å². The number of hydrogen-bond acceptors (Lipinski definition) is 3. The molecular weight excluding hydrogens is 184 g/mol. The first-order valence-corrected chi connectivity index (χ1v) is 4.03.